The molecule has 0 saturated carbocycles. The number of aryl methyl sites for hydroxylation is 3. The van der Waals surface area contributed by atoms with Gasteiger partial charge in [-0.15, -0.1) is 0 Å². The summed E-state index contributed by atoms with van der Waals surface area (Å²) in [4.78, 5) is 11.8. The van der Waals surface area contributed by atoms with E-state index in [-0.39, 0.29) is 5.91 Å². The van der Waals surface area contributed by atoms with Crippen LogP contribution in [-0.4, -0.2) is 28.8 Å². The lowest BCUT2D eigenvalue weighted by molar-refractivity contribution is -0.121. The number of benzene rings is 1. The number of carbonyl (C=O) groups excluding carboxylic acids is 1. The Bertz CT molecular complexity index is 623. The van der Waals surface area contributed by atoms with Gasteiger partial charge < -0.3 is 10.1 Å². The van der Waals surface area contributed by atoms with Crippen molar-refractivity contribution in [1.82, 2.24) is 15.1 Å². The Morgan fingerprint density at radius 2 is 2.00 bits per heavy atom. The lowest BCUT2D eigenvalue weighted by atomic mass is 10.2. The minimum atomic E-state index is 0.0895. The van der Waals surface area contributed by atoms with E-state index in [4.69, 9.17) is 4.74 Å². The van der Waals surface area contributed by atoms with Crippen LogP contribution in [0.4, 0.5) is 0 Å². The molecule has 2 rings (SSSR count). The van der Waals surface area contributed by atoms with Crippen molar-refractivity contribution in [3.8, 4) is 0 Å². The van der Waals surface area contributed by atoms with Crippen LogP contribution in [0.5, 0.6) is 0 Å². The van der Waals surface area contributed by atoms with Gasteiger partial charge in [0.05, 0.1) is 12.3 Å². The van der Waals surface area contributed by atoms with E-state index in [0.717, 1.165) is 36.3 Å². The Labute approximate surface area is 144 Å². The Hall–Kier alpha value is -2.14. The number of hydrogen-bond donors (Lipinski definition) is 1. The van der Waals surface area contributed by atoms with Crippen LogP contribution in [0.25, 0.3) is 0 Å². The van der Waals surface area contributed by atoms with E-state index in [0.29, 0.717) is 26.2 Å². The zero-order chi connectivity index (χ0) is 17.2. The van der Waals surface area contributed by atoms with Crippen LogP contribution < -0.4 is 5.32 Å². The van der Waals surface area contributed by atoms with Gasteiger partial charge in [-0.3, -0.25) is 9.48 Å². The summed E-state index contributed by atoms with van der Waals surface area (Å²) in [5.74, 6) is 0.0895. The molecule has 0 unspecified atom stereocenters. The number of ether oxygens (including phenoxy) is 1. The van der Waals surface area contributed by atoms with Gasteiger partial charge in [0, 0.05) is 31.8 Å². The summed E-state index contributed by atoms with van der Waals surface area (Å²) in [5, 5.41) is 7.36. The van der Waals surface area contributed by atoms with Crippen LogP contribution in [0.1, 0.15) is 36.2 Å². The first kappa shape index (κ1) is 18.2. The van der Waals surface area contributed by atoms with Crippen LogP contribution >= 0.6 is 0 Å². The second-order valence-corrected chi connectivity index (χ2v) is 6.00. The Morgan fingerprint density at radius 1 is 1.21 bits per heavy atom. The highest BCUT2D eigenvalue weighted by Crippen LogP contribution is 2.03. The third-order valence-electron chi connectivity index (χ3n) is 3.78. The quantitative estimate of drug-likeness (QED) is 0.682. The predicted molar refractivity (Wildman–Crippen MR) is 94.7 cm³/mol. The van der Waals surface area contributed by atoms with E-state index >= 15 is 0 Å². The van der Waals surface area contributed by atoms with Crippen molar-refractivity contribution < 1.29 is 9.53 Å². The first-order valence-corrected chi connectivity index (χ1v) is 8.54. The maximum atomic E-state index is 11.8. The number of carbonyl (C=O) groups is 1. The molecule has 1 aromatic heterocycles. The summed E-state index contributed by atoms with van der Waals surface area (Å²) in [6.45, 7) is 6.76. The highest BCUT2D eigenvalue weighted by molar-refractivity contribution is 5.75. The van der Waals surface area contributed by atoms with Gasteiger partial charge in [0.2, 0.25) is 5.91 Å². The van der Waals surface area contributed by atoms with Gasteiger partial charge in [0.25, 0.3) is 0 Å². The third kappa shape index (κ3) is 6.54. The molecule has 130 valence electrons. The Kier molecular flexibility index (Phi) is 7.49. The molecule has 0 radical (unpaired) electrons. The van der Waals surface area contributed by atoms with Crippen molar-refractivity contribution in [1.29, 1.82) is 0 Å². The molecule has 1 aromatic carbocycles. The third-order valence-corrected chi connectivity index (χ3v) is 3.78. The van der Waals surface area contributed by atoms with Crippen molar-refractivity contribution in [3.63, 3.8) is 0 Å². The van der Waals surface area contributed by atoms with E-state index < -0.39 is 0 Å². The number of nitrogens with zero attached hydrogens (tertiary/aromatic N) is 2. The first-order valence-electron chi connectivity index (χ1n) is 8.54. The van der Waals surface area contributed by atoms with Gasteiger partial charge in [-0.2, -0.15) is 5.10 Å². The van der Waals surface area contributed by atoms with Crippen molar-refractivity contribution in [2.24, 2.45) is 0 Å². The van der Waals surface area contributed by atoms with Gasteiger partial charge in [-0.05, 0) is 38.3 Å². The molecule has 1 heterocycles. The molecule has 1 N–H and O–H groups in total. The molecule has 0 saturated heterocycles. The van der Waals surface area contributed by atoms with Crippen molar-refractivity contribution in [2.45, 2.75) is 46.3 Å². The lowest BCUT2D eigenvalue weighted by Crippen LogP contribution is -2.25. The Balaban J connectivity index is 1.48. The maximum absolute atomic E-state index is 11.8. The fraction of sp³-hybridized carbons (Fsp3) is 0.474. The molecule has 0 aliphatic rings. The van der Waals surface area contributed by atoms with E-state index in [9.17, 15) is 4.79 Å². The van der Waals surface area contributed by atoms with Gasteiger partial charge >= 0.3 is 0 Å². The average molecular weight is 329 g/mol. The molecule has 1 amide bonds. The largest absolute Gasteiger partial charge is 0.377 e. The molecule has 24 heavy (non-hydrogen) atoms. The van der Waals surface area contributed by atoms with Gasteiger partial charge in [-0.25, -0.2) is 0 Å². The number of nitrogens with one attached hydrogen (secondary N) is 1. The first-order chi connectivity index (χ1) is 11.6. The number of aromatic nitrogens is 2. The van der Waals surface area contributed by atoms with Crippen LogP contribution in [0.2, 0.25) is 0 Å². The van der Waals surface area contributed by atoms with E-state index in [1.807, 2.05) is 48.9 Å². The standard InChI is InChI=1S/C19H27N3O2/c1-16-14-17(2)22(21-16)12-7-11-20-19(23)10-6-13-24-15-18-8-4-3-5-9-18/h3-5,8-9,14H,6-7,10-13,15H2,1-2H3,(H,20,23). The maximum Gasteiger partial charge on any atom is 0.220 e. The highest BCUT2D eigenvalue weighted by Gasteiger charge is 2.03. The fourth-order valence-electron chi connectivity index (χ4n) is 2.55. The molecular formula is C19H27N3O2. The molecule has 0 fully saturated rings. The van der Waals surface area contributed by atoms with Crippen molar-refractivity contribution >= 4 is 5.91 Å². The molecule has 0 aliphatic heterocycles. The summed E-state index contributed by atoms with van der Waals surface area (Å²) in [6, 6.07) is 12.1. The van der Waals surface area contributed by atoms with Crippen LogP contribution in [0.3, 0.4) is 0 Å². The molecule has 2 aromatic rings. The molecular weight excluding hydrogens is 302 g/mol. The highest BCUT2D eigenvalue weighted by atomic mass is 16.5. The van der Waals surface area contributed by atoms with Crippen molar-refractivity contribution in [2.75, 3.05) is 13.2 Å². The summed E-state index contributed by atoms with van der Waals surface area (Å²) in [5.41, 5.74) is 3.35. The van der Waals surface area contributed by atoms with Gasteiger partial charge in [0.1, 0.15) is 0 Å². The summed E-state index contributed by atoms with van der Waals surface area (Å²) >= 11 is 0. The van der Waals surface area contributed by atoms with Crippen molar-refractivity contribution in [3.05, 3.63) is 53.3 Å². The molecule has 0 spiro atoms. The molecule has 0 aliphatic carbocycles. The predicted octanol–water partition coefficient (Wildman–Crippen LogP) is 3.00. The second kappa shape index (κ2) is 9.88. The molecule has 0 atom stereocenters. The molecule has 5 heteroatoms. The minimum Gasteiger partial charge on any atom is -0.377 e. The van der Waals surface area contributed by atoms with Gasteiger partial charge in [0.15, 0.2) is 0 Å². The average Bonchev–Trinajstić information content (AvgIpc) is 2.90. The van der Waals surface area contributed by atoms with Crippen LogP contribution in [0, 0.1) is 13.8 Å². The lowest BCUT2D eigenvalue weighted by Gasteiger charge is -2.07. The SMILES string of the molecule is Cc1cc(C)n(CCCNC(=O)CCCOCc2ccccc2)n1. The van der Waals surface area contributed by atoms with E-state index in [2.05, 4.69) is 16.5 Å². The zero-order valence-corrected chi connectivity index (χ0v) is 14.6. The monoisotopic (exact) mass is 329 g/mol. The number of rotatable bonds is 10. The summed E-state index contributed by atoms with van der Waals surface area (Å²) < 4.78 is 7.56. The summed E-state index contributed by atoms with van der Waals surface area (Å²) in [6.07, 6.45) is 2.14. The number of hydrogen-bond acceptors (Lipinski definition) is 3. The summed E-state index contributed by atoms with van der Waals surface area (Å²) in [7, 11) is 0. The van der Waals surface area contributed by atoms with Gasteiger partial charge in [-0.1, -0.05) is 30.3 Å². The molecule has 5 nitrogen and oxygen atoms in total. The minimum absolute atomic E-state index is 0.0895. The zero-order valence-electron chi connectivity index (χ0n) is 14.6. The normalized spacial score (nSPS) is 10.8. The smallest absolute Gasteiger partial charge is 0.220 e. The number of amides is 1. The fourth-order valence-corrected chi connectivity index (χ4v) is 2.55. The van der Waals surface area contributed by atoms with E-state index in [1.54, 1.807) is 0 Å². The van der Waals surface area contributed by atoms with Crippen LogP contribution in [-0.2, 0) is 22.7 Å². The molecule has 0 bridgehead atoms. The topological polar surface area (TPSA) is 56.2 Å². The Morgan fingerprint density at radius 3 is 2.71 bits per heavy atom. The van der Waals surface area contributed by atoms with E-state index in [1.165, 1.54) is 0 Å². The van der Waals surface area contributed by atoms with Crippen LogP contribution in [0.15, 0.2) is 36.4 Å². The second-order valence-electron chi connectivity index (χ2n) is 6.00.